The fourth-order valence-corrected chi connectivity index (χ4v) is 1.17. The first-order chi connectivity index (χ1) is 6.93. The van der Waals surface area contributed by atoms with E-state index in [1.54, 1.807) is 7.11 Å². The number of ether oxygens (including phenoxy) is 2. The highest BCUT2D eigenvalue weighted by Gasteiger charge is 2.19. The van der Waals surface area contributed by atoms with E-state index in [0.29, 0.717) is 13.2 Å². The van der Waals surface area contributed by atoms with Crippen molar-refractivity contribution in [2.75, 3.05) is 46.6 Å². The summed E-state index contributed by atoms with van der Waals surface area (Å²) >= 11 is 0. The van der Waals surface area contributed by atoms with Crippen LogP contribution >= 0.6 is 0 Å². The first kappa shape index (κ1) is 11.9. The van der Waals surface area contributed by atoms with Gasteiger partial charge >= 0.3 is 0 Å². The molecule has 0 unspecified atom stereocenters. The van der Waals surface area contributed by atoms with E-state index in [2.05, 4.69) is 10.6 Å². The van der Waals surface area contributed by atoms with Crippen LogP contribution in [0.5, 0.6) is 0 Å². The molecule has 84 valence electrons. The van der Waals surface area contributed by atoms with Crippen molar-refractivity contribution in [1.82, 2.24) is 10.6 Å². The van der Waals surface area contributed by atoms with Gasteiger partial charge < -0.3 is 20.1 Å². The molecular formula is C10H22N2O2. The maximum Gasteiger partial charge on any atom is 0.0700 e. The Morgan fingerprint density at radius 1 is 1.07 bits per heavy atom. The summed E-state index contributed by atoms with van der Waals surface area (Å²) in [6.07, 6.45) is 2.72. The Labute approximate surface area is 86.3 Å². The van der Waals surface area contributed by atoms with Crippen molar-refractivity contribution < 1.29 is 9.47 Å². The van der Waals surface area contributed by atoms with Gasteiger partial charge in [0.25, 0.3) is 0 Å². The van der Waals surface area contributed by atoms with Gasteiger partial charge in [-0.3, -0.25) is 0 Å². The third-order valence-electron chi connectivity index (χ3n) is 2.17. The number of hydrogen-bond donors (Lipinski definition) is 2. The van der Waals surface area contributed by atoms with Gasteiger partial charge in [-0.1, -0.05) is 0 Å². The van der Waals surface area contributed by atoms with Crippen LogP contribution in [0.3, 0.4) is 0 Å². The summed E-state index contributed by atoms with van der Waals surface area (Å²) < 4.78 is 10.2. The summed E-state index contributed by atoms with van der Waals surface area (Å²) in [7, 11) is 1.69. The lowest BCUT2D eigenvalue weighted by atomic mass is 10.5. The monoisotopic (exact) mass is 202 g/mol. The molecule has 0 atom stereocenters. The van der Waals surface area contributed by atoms with E-state index in [4.69, 9.17) is 9.47 Å². The van der Waals surface area contributed by atoms with Crippen molar-refractivity contribution in [2.24, 2.45) is 0 Å². The van der Waals surface area contributed by atoms with E-state index in [-0.39, 0.29) is 0 Å². The Morgan fingerprint density at radius 2 is 1.93 bits per heavy atom. The maximum atomic E-state index is 5.31. The molecule has 14 heavy (non-hydrogen) atoms. The second kappa shape index (κ2) is 8.17. The first-order valence-electron chi connectivity index (χ1n) is 5.44. The molecule has 0 aromatic rings. The minimum atomic E-state index is 0.684. The van der Waals surface area contributed by atoms with Crippen LogP contribution in [0.4, 0.5) is 0 Å². The summed E-state index contributed by atoms with van der Waals surface area (Å²) in [5.41, 5.74) is 0. The normalized spacial score (nSPS) is 16.1. The van der Waals surface area contributed by atoms with E-state index < -0.39 is 0 Å². The van der Waals surface area contributed by atoms with E-state index in [9.17, 15) is 0 Å². The van der Waals surface area contributed by atoms with Crippen LogP contribution < -0.4 is 10.6 Å². The quantitative estimate of drug-likeness (QED) is 0.489. The molecule has 1 aliphatic carbocycles. The predicted molar refractivity (Wildman–Crippen MR) is 56.6 cm³/mol. The van der Waals surface area contributed by atoms with Crippen molar-refractivity contribution in [3.63, 3.8) is 0 Å². The standard InChI is InChI=1S/C10H22N2O2/c1-13-8-9-14-7-6-11-4-5-12-10-2-3-10/h10-12H,2-9H2,1H3. The van der Waals surface area contributed by atoms with E-state index in [1.807, 2.05) is 0 Å². The third-order valence-corrected chi connectivity index (χ3v) is 2.17. The number of rotatable bonds is 10. The van der Waals surface area contributed by atoms with Crippen molar-refractivity contribution >= 4 is 0 Å². The molecule has 0 aliphatic heterocycles. The minimum absolute atomic E-state index is 0.684. The smallest absolute Gasteiger partial charge is 0.0700 e. The van der Waals surface area contributed by atoms with Crippen LogP contribution in [-0.2, 0) is 9.47 Å². The highest BCUT2D eigenvalue weighted by Crippen LogP contribution is 2.17. The Bertz CT molecular complexity index is 129. The molecule has 0 spiro atoms. The van der Waals surface area contributed by atoms with Gasteiger partial charge in [-0.15, -0.1) is 0 Å². The van der Waals surface area contributed by atoms with Gasteiger partial charge in [0.1, 0.15) is 0 Å². The zero-order valence-electron chi connectivity index (χ0n) is 9.05. The number of nitrogens with one attached hydrogen (secondary N) is 2. The summed E-state index contributed by atoms with van der Waals surface area (Å²) in [4.78, 5) is 0. The first-order valence-corrected chi connectivity index (χ1v) is 5.44. The zero-order chi connectivity index (χ0) is 10.1. The molecular weight excluding hydrogens is 180 g/mol. The molecule has 2 N–H and O–H groups in total. The Morgan fingerprint density at radius 3 is 2.64 bits per heavy atom. The van der Waals surface area contributed by atoms with Crippen molar-refractivity contribution in [3.05, 3.63) is 0 Å². The molecule has 0 radical (unpaired) electrons. The fourth-order valence-electron chi connectivity index (χ4n) is 1.17. The molecule has 0 saturated heterocycles. The fraction of sp³-hybridized carbons (Fsp3) is 1.00. The number of hydrogen-bond acceptors (Lipinski definition) is 4. The molecule has 4 heteroatoms. The summed E-state index contributed by atoms with van der Waals surface area (Å²) in [5, 5.41) is 6.76. The van der Waals surface area contributed by atoms with Crippen molar-refractivity contribution in [2.45, 2.75) is 18.9 Å². The minimum Gasteiger partial charge on any atom is -0.382 e. The highest BCUT2D eigenvalue weighted by atomic mass is 16.5. The topological polar surface area (TPSA) is 42.5 Å². The van der Waals surface area contributed by atoms with Crippen LogP contribution in [0, 0.1) is 0 Å². The summed E-state index contributed by atoms with van der Waals surface area (Å²) in [6, 6.07) is 0.815. The van der Waals surface area contributed by atoms with Gasteiger partial charge in [0.15, 0.2) is 0 Å². The van der Waals surface area contributed by atoms with E-state index in [0.717, 1.165) is 32.3 Å². The second-order valence-corrected chi connectivity index (χ2v) is 3.58. The lowest BCUT2D eigenvalue weighted by Gasteiger charge is -2.06. The molecule has 0 aromatic carbocycles. The lowest BCUT2D eigenvalue weighted by molar-refractivity contribution is 0.0721. The van der Waals surface area contributed by atoms with Crippen molar-refractivity contribution in [1.29, 1.82) is 0 Å². The van der Waals surface area contributed by atoms with Crippen molar-refractivity contribution in [3.8, 4) is 0 Å². The van der Waals surface area contributed by atoms with Gasteiger partial charge in [0.05, 0.1) is 19.8 Å². The molecule has 1 rings (SSSR count). The van der Waals surface area contributed by atoms with E-state index >= 15 is 0 Å². The number of methoxy groups -OCH3 is 1. The zero-order valence-corrected chi connectivity index (χ0v) is 9.05. The summed E-state index contributed by atoms with van der Waals surface area (Å²) in [6.45, 7) is 5.18. The lowest BCUT2D eigenvalue weighted by Crippen LogP contribution is -2.30. The molecule has 1 fully saturated rings. The summed E-state index contributed by atoms with van der Waals surface area (Å²) in [5.74, 6) is 0. The Hall–Kier alpha value is -0.160. The Kier molecular flexibility index (Phi) is 6.95. The van der Waals surface area contributed by atoms with Gasteiger partial charge in [-0.05, 0) is 12.8 Å². The largest absolute Gasteiger partial charge is 0.382 e. The SMILES string of the molecule is COCCOCCNCCNC1CC1. The van der Waals surface area contributed by atoms with Crippen LogP contribution in [0.1, 0.15) is 12.8 Å². The molecule has 0 bridgehead atoms. The van der Waals surface area contributed by atoms with Crippen LogP contribution in [0.25, 0.3) is 0 Å². The molecule has 0 amide bonds. The average Bonchev–Trinajstić information content (AvgIpc) is 2.99. The van der Waals surface area contributed by atoms with Gasteiger partial charge in [0, 0.05) is 32.8 Å². The Balaban J connectivity index is 1.63. The molecule has 4 nitrogen and oxygen atoms in total. The van der Waals surface area contributed by atoms with Crippen LogP contribution in [0.15, 0.2) is 0 Å². The molecule has 0 aromatic heterocycles. The van der Waals surface area contributed by atoms with Crippen LogP contribution in [-0.4, -0.2) is 52.6 Å². The van der Waals surface area contributed by atoms with Gasteiger partial charge in [-0.2, -0.15) is 0 Å². The molecule has 0 heterocycles. The third kappa shape index (κ3) is 7.26. The predicted octanol–water partition coefficient (Wildman–Crippen LogP) is -0.00900. The van der Waals surface area contributed by atoms with E-state index in [1.165, 1.54) is 12.8 Å². The van der Waals surface area contributed by atoms with Crippen LogP contribution in [0.2, 0.25) is 0 Å². The highest BCUT2D eigenvalue weighted by molar-refractivity contribution is 4.80. The van der Waals surface area contributed by atoms with Gasteiger partial charge in [-0.25, -0.2) is 0 Å². The average molecular weight is 202 g/mol. The second-order valence-electron chi connectivity index (χ2n) is 3.58. The molecule has 1 aliphatic rings. The maximum absolute atomic E-state index is 5.31. The van der Waals surface area contributed by atoms with Gasteiger partial charge in [0.2, 0.25) is 0 Å². The molecule has 1 saturated carbocycles.